The third kappa shape index (κ3) is 2.24. The smallest absolute Gasteiger partial charge is 0.235 e. The monoisotopic (exact) mass is 355 g/mol. The molecule has 1 aromatic carbocycles. The molecule has 1 aliphatic heterocycles. The van der Waals surface area contributed by atoms with Crippen LogP contribution in [0.15, 0.2) is 30.6 Å². The van der Waals surface area contributed by atoms with Gasteiger partial charge >= 0.3 is 0 Å². The number of imidazole rings is 1. The lowest BCUT2D eigenvalue weighted by molar-refractivity contribution is -0.169. The van der Waals surface area contributed by atoms with Gasteiger partial charge in [0.05, 0.1) is 42.0 Å². The van der Waals surface area contributed by atoms with Gasteiger partial charge in [-0.1, -0.05) is 32.9 Å². The molecule has 6 heteroatoms. The Kier molecular flexibility index (Phi) is 3.74. The number of carbonyl (C=O) groups is 2. The summed E-state index contributed by atoms with van der Waals surface area (Å²) < 4.78 is 1.86. The second-order valence-corrected chi connectivity index (χ2v) is 8.44. The summed E-state index contributed by atoms with van der Waals surface area (Å²) in [5, 5.41) is 10.6. The van der Waals surface area contributed by atoms with Gasteiger partial charge in [-0.05, 0) is 30.4 Å². The minimum atomic E-state index is -0.829. The molecule has 1 aromatic heterocycles. The van der Waals surface area contributed by atoms with Crippen LogP contribution in [0.1, 0.15) is 33.6 Å². The van der Waals surface area contributed by atoms with Crippen LogP contribution in [-0.4, -0.2) is 44.0 Å². The molecule has 1 N–H and O–H groups in total. The highest BCUT2D eigenvalue weighted by atomic mass is 16.3. The fourth-order valence-corrected chi connectivity index (χ4v) is 4.73. The number of rotatable bonds is 4. The molecule has 2 fully saturated rings. The summed E-state index contributed by atoms with van der Waals surface area (Å²) in [5.41, 5.74) is 0.920. The zero-order valence-corrected chi connectivity index (χ0v) is 15.5. The van der Waals surface area contributed by atoms with E-state index in [-0.39, 0.29) is 29.7 Å². The van der Waals surface area contributed by atoms with Crippen molar-refractivity contribution in [2.24, 2.45) is 16.7 Å². The van der Waals surface area contributed by atoms with Crippen LogP contribution in [0.2, 0.25) is 0 Å². The van der Waals surface area contributed by atoms with E-state index in [9.17, 15) is 14.7 Å². The number of nitrogens with zero attached hydrogens (tertiary/aromatic N) is 3. The molecule has 0 radical (unpaired) electrons. The fourth-order valence-electron chi connectivity index (χ4n) is 4.73. The van der Waals surface area contributed by atoms with Crippen molar-refractivity contribution in [1.29, 1.82) is 0 Å². The molecule has 1 saturated carbocycles. The van der Waals surface area contributed by atoms with Gasteiger partial charge in [-0.15, -0.1) is 0 Å². The first-order valence-electron chi connectivity index (χ1n) is 9.19. The normalized spacial score (nSPS) is 28.8. The van der Waals surface area contributed by atoms with Gasteiger partial charge in [0, 0.05) is 5.92 Å². The molecule has 0 spiro atoms. The number of fused-ring (bicyclic) bond motifs is 3. The van der Waals surface area contributed by atoms with Crippen molar-refractivity contribution in [3.05, 3.63) is 30.6 Å². The highest BCUT2D eigenvalue weighted by molar-refractivity contribution is 6.03. The molecule has 4 rings (SSSR count). The molecule has 2 heterocycles. The van der Waals surface area contributed by atoms with E-state index in [4.69, 9.17) is 0 Å². The number of likely N-dealkylation sites (tertiary alicyclic amines) is 1. The maximum Gasteiger partial charge on any atom is 0.235 e. The topological polar surface area (TPSA) is 75.4 Å². The van der Waals surface area contributed by atoms with Crippen LogP contribution in [0.5, 0.6) is 0 Å². The summed E-state index contributed by atoms with van der Waals surface area (Å²) in [4.78, 5) is 31.5. The highest BCUT2D eigenvalue weighted by Gasteiger charge is 2.64. The highest BCUT2D eigenvalue weighted by Crippen LogP contribution is 2.60. The lowest BCUT2D eigenvalue weighted by Crippen LogP contribution is -2.60. The van der Waals surface area contributed by atoms with E-state index in [1.807, 2.05) is 49.6 Å². The minimum Gasteiger partial charge on any atom is -0.389 e. The first-order valence-corrected chi connectivity index (χ1v) is 9.19. The third-order valence-corrected chi connectivity index (χ3v) is 6.84. The molecule has 26 heavy (non-hydrogen) atoms. The van der Waals surface area contributed by atoms with Gasteiger partial charge in [0.25, 0.3) is 0 Å². The number of hydrogen-bond acceptors (Lipinski definition) is 4. The predicted molar refractivity (Wildman–Crippen MR) is 97.1 cm³/mol. The number of amides is 2. The number of imide groups is 1. The van der Waals surface area contributed by atoms with Crippen molar-refractivity contribution < 1.29 is 14.7 Å². The Morgan fingerprint density at radius 1 is 1.23 bits per heavy atom. The number of carbonyl (C=O) groups excluding carboxylic acids is 2. The molecule has 138 valence electrons. The zero-order valence-electron chi connectivity index (χ0n) is 15.5. The van der Waals surface area contributed by atoms with E-state index in [0.29, 0.717) is 6.54 Å². The zero-order chi connectivity index (χ0) is 18.7. The van der Waals surface area contributed by atoms with Gasteiger partial charge in [-0.2, -0.15) is 0 Å². The van der Waals surface area contributed by atoms with Gasteiger partial charge in [-0.3, -0.25) is 14.5 Å². The third-order valence-electron chi connectivity index (χ3n) is 6.84. The molecular formula is C20H25N3O3. The molecule has 3 unspecified atom stereocenters. The first-order chi connectivity index (χ1) is 12.3. The lowest BCUT2D eigenvalue weighted by Gasteiger charge is -2.48. The largest absolute Gasteiger partial charge is 0.389 e. The molecule has 6 nitrogen and oxygen atoms in total. The number of β-amino-alcohol motifs (C(OH)–C–C–N with tert-alkyl or cyclic N) is 1. The predicted octanol–water partition coefficient (Wildman–Crippen LogP) is 2.21. The average molecular weight is 355 g/mol. The van der Waals surface area contributed by atoms with E-state index < -0.39 is 11.5 Å². The van der Waals surface area contributed by atoms with Gasteiger partial charge in [0.15, 0.2) is 0 Å². The van der Waals surface area contributed by atoms with Crippen LogP contribution >= 0.6 is 0 Å². The van der Waals surface area contributed by atoms with Crippen molar-refractivity contribution >= 4 is 22.8 Å². The van der Waals surface area contributed by atoms with E-state index in [1.165, 1.54) is 4.90 Å². The lowest BCUT2D eigenvalue weighted by atomic mass is 9.62. The van der Waals surface area contributed by atoms with Gasteiger partial charge in [0.1, 0.15) is 0 Å². The summed E-state index contributed by atoms with van der Waals surface area (Å²) in [6.45, 7) is 6.33. The Morgan fingerprint density at radius 3 is 2.73 bits per heavy atom. The maximum absolute atomic E-state index is 13.1. The quantitative estimate of drug-likeness (QED) is 0.853. The van der Waals surface area contributed by atoms with E-state index in [1.54, 1.807) is 6.33 Å². The van der Waals surface area contributed by atoms with Crippen molar-refractivity contribution in [2.45, 2.75) is 46.3 Å². The molecule has 2 amide bonds. The second-order valence-electron chi connectivity index (χ2n) is 8.44. The van der Waals surface area contributed by atoms with Crippen LogP contribution in [0, 0.1) is 16.7 Å². The van der Waals surface area contributed by atoms with Crippen molar-refractivity contribution in [3.8, 4) is 0 Å². The maximum atomic E-state index is 13.1. The summed E-state index contributed by atoms with van der Waals surface area (Å²) in [7, 11) is 0. The summed E-state index contributed by atoms with van der Waals surface area (Å²) in [6.07, 6.45) is 2.33. The van der Waals surface area contributed by atoms with Crippen molar-refractivity contribution in [3.63, 3.8) is 0 Å². The number of aliphatic hydroxyl groups excluding tert-OH is 1. The van der Waals surface area contributed by atoms with Crippen LogP contribution < -0.4 is 0 Å². The molecule has 1 aliphatic carbocycles. The first kappa shape index (κ1) is 17.2. The van der Waals surface area contributed by atoms with Crippen LogP contribution in [-0.2, 0) is 16.1 Å². The average Bonchev–Trinajstić information content (AvgIpc) is 3.08. The van der Waals surface area contributed by atoms with Gasteiger partial charge < -0.3 is 9.67 Å². The number of benzene rings is 1. The molecule has 3 atom stereocenters. The molecule has 2 bridgehead atoms. The van der Waals surface area contributed by atoms with Gasteiger partial charge in [-0.25, -0.2) is 4.98 Å². The standard InChI is InChI=1S/C20H25N3O3/c1-19(2)14-8-9-20(19,3)18(26)23(17(14)25)11-13(24)10-22-12-21-15-6-4-5-7-16(15)22/h4-7,12-14,24H,8-11H2,1-3H3. The summed E-state index contributed by atoms with van der Waals surface area (Å²) in [6, 6.07) is 7.69. The van der Waals surface area contributed by atoms with Crippen LogP contribution in [0.25, 0.3) is 11.0 Å². The summed E-state index contributed by atoms with van der Waals surface area (Å²) in [5.74, 6) is -0.424. The molecular weight excluding hydrogens is 330 g/mol. The summed E-state index contributed by atoms with van der Waals surface area (Å²) >= 11 is 0. The Hall–Kier alpha value is -2.21. The number of piperidine rings is 1. The van der Waals surface area contributed by atoms with Crippen LogP contribution in [0.4, 0.5) is 0 Å². The number of hydrogen-bond donors (Lipinski definition) is 1. The number of para-hydroxylation sites is 2. The number of aliphatic hydroxyl groups is 1. The van der Waals surface area contributed by atoms with E-state index in [2.05, 4.69) is 4.98 Å². The van der Waals surface area contributed by atoms with Crippen molar-refractivity contribution in [1.82, 2.24) is 14.5 Å². The van der Waals surface area contributed by atoms with Crippen LogP contribution in [0.3, 0.4) is 0 Å². The molecule has 2 aliphatic rings. The Labute approximate surface area is 152 Å². The Balaban J connectivity index is 1.54. The van der Waals surface area contributed by atoms with Gasteiger partial charge in [0.2, 0.25) is 11.8 Å². The molecule has 1 saturated heterocycles. The van der Waals surface area contributed by atoms with Crippen molar-refractivity contribution in [2.75, 3.05) is 6.54 Å². The van der Waals surface area contributed by atoms with E-state index >= 15 is 0 Å². The second kappa shape index (κ2) is 5.64. The molecule has 2 aromatic rings. The van der Waals surface area contributed by atoms with E-state index in [0.717, 1.165) is 23.9 Å². The Morgan fingerprint density at radius 2 is 1.96 bits per heavy atom. The number of aromatic nitrogens is 2. The minimum absolute atomic E-state index is 0.0341. The fraction of sp³-hybridized carbons (Fsp3) is 0.550. The SMILES string of the molecule is CC12CCC(C(=O)N(CC(O)Cn3cnc4ccccc43)C1=O)C2(C)C. The Bertz CT molecular complexity index is 887.